The Kier molecular flexibility index (Phi) is 4.68. The maximum atomic E-state index is 13.6. The molecule has 0 saturated heterocycles. The quantitative estimate of drug-likeness (QED) is 0.843. The van der Waals surface area contributed by atoms with Crippen LogP contribution < -0.4 is 5.32 Å². The molecule has 21 heavy (non-hydrogen) atoms. The van der Waals surface area contributed by atoms with Crippen molar-refractivity contribution in [1.82, 2.24) is 15.3 Å². The minimum absolute atomic E-state index is 0.0310. The van der Waals surface area contributed by atoms with Gasteiger partial charge in [0.25, 0.3) is 0 Å². The number of nitrogens with one attached hydrogen (secondary N) is 1. The SMILES string of the molecule is CC(C)(C)NCc1ccnc(-c2ccc(F)c(F)c2Br)n1. The van der Waals surface area contributed by atoms with Crippen molar-refractivity contribution >= 4 is 15.9 Å². The van der Waals surface area contributed by atoms with Gasteiger partial charge in [-0.2, -0.15) is 0 Å². The maximum Gasteiger partial charge on any atom is 0.173 e. The molecule has 6 heteroatoms. The van der Waals surface area contributed by atoms with E-state index in [1.807, 2.05) is 0 Å². The summed E-state index contributed by atoms with van der Waals surface area (Å²) in [5, 5.41) is 3.32. The minimum atomic E-state index is -0.936. The molecule has 0 spiro atoms. The molecule has 1 heterocycles. The number of nitrogens with zero attached hydrogens (tertiary/aromatic N) is 2. The molecule has 1 N–H and O–H groups in total. The highest BCUT2D eigenvalue weighted by atomic mass is 79.9. The van der Waals surface area contributed by atoms with Crippen molar-refractivity contribution in [3.8, 4) is 11.4 Å². The average Bonchev–Trinajstić information content (AvgIpc) is 2.42. The Labute approximate surface area is 131 Å². The van der Waals surface area contributed by atoms with E-state index in [4.69, 9.17) is 0 Å². The van der Waals surface area contributed by atoms with Crippen LogP contribution in [0.3, 0.4) is 0 Å². The number of hydrogen-bond acceptors (Lipinski definition) is 3. The zero-order valence-electron chi connectivity index (χ0n) is 12.0. The molecule has 3 nitrogen and oxygen atoms in total. The van der Waals surface area contributed by atoms with Crippen molar-refractivity contribution in [1.29, 1.82) is 0 Å². The first-order valence-corrected chi connectivity index (χ1v) is 7.28. The summed E-state index contributed by atoms with van der Waals surface area (Å²) in [5.74, 6) is -1.49. The first kappa shape index (κ1) is 16.0. The predicted octanol–water partition coefficient (Wildman–Crippen LogP) is 4.07. The summed E-state index contributed by atoms with van der Waals surface area (Å²) in [7, 11) is 0. The largest absolute Gasteiger partial charge is 0.306 e. The maximum absolute atomic E-state index is 13.6. The Morgan fingerprint density at radius 3 is 2.57 bits per heavy atom. The van der Waals surface area contributed by atoms with Gasteiger partial charge < -0.3 is 5.32 Å². The first-order valence-electron chi connectivity index (χ1n) is 6.49. The minimum Gasteiger partial charge on any atom is -0.306 e. The molecule has 0 atom stereocenters. The third kappa shape index (κ3) is 4.04. The molecule has 2 aromatic rings. The van der Waals surface area contributed by atoms with Gasteiger partial charge in [0, 0.05) is 23.8 Å². The van der Waals surface area contributed by atoms with Crippen LogP contribution >= 0.6 is 15.9 Å². The van der Waals surface area contributed by atoms with Gasteiger partial charge in [0.15, 0.2) is 17.5 Å². The summed E-state index contributed by atoms with van der Waals surface area (Å²) in [6.07, 6.45) is 1.61. The van der Waals surface area contributed by atoms with Gasteiger partial charge in [-0.1, -0.05) is 0 Å². The van der Waals surface area contributed by atoms with Crippen LogP contribution in [0.25, 0.3) is 11.4 Å². The van der Waals surface area contributed by atoms with Crippen molar-refractivity contribution in [2.24, 2.45) is 0 Å². The molecular formula is C15H16BrF2N3. The molecule has 2 rings (SSSR count). The highest BCUT2D eigenvalue weighted by Gasteiger charge is 2.15. The molecule has 0 aliphatic heterocycles. The van der Waals surface area contributed by atoms with E-state index in [2.05, 4.69) is 52.0 Å². The number of aromatic nitrogens is 2. The summed E-state index contributed by atoms with van der Waals surface area (Å²) < 4.78 is 26.8. The Morgan fingerprint density at radius 2 is 1.90 bits per heavy atom. The van der Waals surface area contributed by atoms with Gasteiger partial charge in [-0.3, -0.25) is 0 Å². The van der Waals surface area contributed by atoms with E-state index in [0.717, 1.165) is 11.8 Å². The van der Waals surface area contributed by atoms with Crippen LogP contribution in [0.5, 0.6) is 0 Å². The van der Waals surface area contributed by atoms with E-state index in [1.54, 1.807) is 12.3 Å². The Hall–Kier alpha value is -1.40. The van der Waals surface area contributed by atoms with Crippen LogP contribution in [0.15, 0.2) is 28.9 Å². The third-order valence-electron chi connectivity index (χ3n) is 2.79. The third-order valence-corrected chi connectivity index (χ3v) is 3.56. The lowest BCUT2D eigenvalue weighted by molar-refractivity contribution is 0.421. The lowest BCUT2D eigenvalue weighted by Crippen LogP contribution is -2.35. The van der Waals surface area contributed by atoms with Crippen molar-refractivity contribution < 1.29 is 8.78 Å². The van der Waals surface area contributed by atoms with Crippen LogP contribution in [-0.2, 0) is 6.54 Å². The van der Waals surface area contributed by atoms with Crippen LogP contribution in [-0.4, -0.2) is 15.5 Å². The number of halogens is 3. The monoisotopic (exact) mass is 355 g/mol. The highest BCUT2D eigenvalue weighted by molar-refractivity contribution is 9.10. The molecular weight excluding hydrogens is 340 g/mol. The van der Waals surface area contributed by atoms with E-state index in [1.165, 1.54) is 6.07 Å². The fourth-order valence-electron chi connectivity index (χ4n) is 1.68. The average molecular weight is 356 g/mol. The smallest absolute Gasteiger partial charge is 0.173 e. The summed E-state index contributed by atoms with van der Waals surface area (Å²) in [6.45, 7) is 6.74. The topological polar surface area (TPSA) is 37.8 Å². The van der Waals surface area contributed by atoms with E-state index < -0.39 is 11.6 Å². The molecule has 0 bridgehead atoms. The van der Waals surface area contributed by atoms with E-state index in [-0.39, 0.29) is 10.0 Å². The summed E-state index contributed by atoms with van der Waals surface area (Å²) >= 11 is 3.05. The van der Waals surface area contributed by atoms with Gasteiger partial charge in [0.05, 0.1) is 10.2 Å². The second-order valence-electron chi connectivity index (χ2n) is 5.70. The second-order valence-corrected chi connectivity index (χ2v) is 6.49. The highest BCUT2D eigenvalue weighted by Crippen LogP contribution is 2.29. The molecule has 0 aliphatic rings. The fourth-order valence-corrected chi connectivity index (χ4v) is 2.18. The summed E-state index contributed by atoms with van der Waals surface area (Å²) in [4.78, 5) is 8.51. The molecule has 0 fully saturated rings. The number of hydrogen-bond donors (Lipinski definition) is 1. The van der Waals surface area contributed by atoms with Gasteiger partial charge in [-0.05, 0) is 54.9 Å². The zero-order chi connectivity index (χ0) is 15.6. The van der Waals surface area contributed by atoms with Crippen molar-refractivity contribution in [2.45, 2.75) is 32.9 Å². The van der Waals surface area contributed by atoms with Crippen LogP contribution in [0.4, 0.5) is 8.78 Å². The van der Waals surface area contributed by atoms with Gasteiger partial charge >= 0.3 is 0 Å². The molecule has 0 saturated carbocycles. The van der Waals surface area contributed by atoms with Gasteiger partial charge in [0.2, 0.25) is 0 Å². The molecule has 0 amide bonds. The summed E-state index contributed by atoms with van der Waals surface area (Å²) in [5.41, 5.74) is 1.17. The Bertz CT molecular complexity index is 654. The lowest BCUT2D eigenvalue weighted by atomic mass is 10.1. The van der Waals surface area contributed by atoms with Crippen molar-refractivity contribution in [2.75, 3.05) is 0 Å². The standard InChI is InChI=1S/C15H16BrF2N3/c1-15(2,3)20-8-9-6-7-19-14(21-9)10-4-5-11(17)13(18)12(10)16/h4-7,20H,8H2,1-3H3. The molecule has 112 valence electrons. The normalized spacial score (nSPS) is 11.7. The molecule has 1 aromatic heterocycles. The second kappa shape index (κ2) is 6.15. The van der Waals surface area contributed by atoms with E-state index >= 15 is 0 Å². The van der Waals surface area contributed by atoms with Gasteiger partial charge in [0.1, 0.15) is 0 Å². The number of rotatable bonds is 3. The fraction of sp³-hybridized carbons (Fsp3) is 0.333. The molecule has 0 unspecified atom stereocenters. The molecule has 1 aromatic carbocycles. The van der Waals surface area contributed by atoms with Crippen LogP contribution in [0, 0.1) is 11.6 Å². The summed E-state index contributed by atoms with van der Waals surface area (Å²) in [6, 6.07) is 4.31. The van der Waals surface area contributed by atoms with Crippen LogP contribution in [0.1, 0.15) is 26.5 Å². The van der Waals surface area contributed by atoms with Gasteiger partial charge in [-0.15, -0.1) is 0 Å². The zero-order valence-corrected chi connectivity index (χ0v) is 13.6. The molecule has 0 radical (unpaired) electrons. The predicted molar refractivity (Wildman–Crippen MR) is 81.7 cm³/mol. The first-order chi connectivity index (χ1) is 9.78. The van der Waals surface area contributed by atoms with E-state index in [0.29, 0.717) is 17.9 Å². The van der Waals surface area contributed by atoms with Gasteiger partial charge in [-0.25, -0.2) is 18.7 Å². The Morgan fingerprint density at radius 1 is 1.19 bits per heavy atom. The number of benzene rings is 1. The molecule has 0 aliphatic carbocycles. The Balaban J connectivity index is 2.32. The van der Waals surface area contributed by atoms with E-state index in [9.17, 15) is 8.78 Å². The van der Waals surface area contributed by atoms with Crippen LogP contribution in [0.2, 0.25) is 0 Å². The lowest BCUT2D eigenvalue weighted by Gasteiger charge is -2.20. The van der Waals surface area contributed by atoms with Crippen molar-refractivity contribution in [3.63, 3.8) is 0 Å². The van der Waals surface area contributed by atoms with Crippen molar-refractivity contribution in [3.05, 3.63) is 46.2 Å².